The fourth-order valence-electron chi connectivity index (χ4n) is 1.49. The van der Waals surface area contributed by atoms with Gasteiger partial charge in [0.2, 0.25) is 0 Å². The van der Waals surface area contributed by atoms with Gasteiger partial charge in [0.15, 0.2) is 5.78 Å². The molecule has 0 heterocycles. The van der Waals surface area contributed by atoms with Crippen molar-refractivity contribution in [2.24, 2.45) is 0 Å². The van der Waals surface area contributed by atoms with Crippen molar-refractivity contribution in [2.45, 2.75) is 33.6 Å². The Morgan fingerprint density at radius 3 is 2.54 bits per heavy atom. The first-order valence-corrected chi connectivity index (χ1v) is 4.75. The molecule has 0 aromatic heterocycles. The molecule has 0 fully saturated rings. The molecule has 1 nitrogen and oxygen atoms in total. The van der Waals surface area contributed by atoms with Gasteiger partial charge in [-0.2, -0.15) is 0 Å². The van der Waals surface area contributed by atoms with Crippen LogP contribution < -0.4 is 0 Å². The van der Waals surface area contributed by atoms with Crippen LogP contribution in [-0.4, -0.2) is 5.78 Å². The number of carbonyl (C=O) groups is 1. The van der Waals surface area contributed by atoms with Gasteiger partial charge >= 0.3 is 0 Å². The topological polar surface area (TPSA) is 17.1 Å². The van der Waals surface area contributed by atoms with Crippen LogP contribution in [0.2, 0.25) is 0 Å². The van der Waals surface area contributed by atoms with Crippen molar-refractivity contribution in [1.82, 2.24) is 0 Å². The van der Waals surface area contributed by atoms with E-state index in [1.165, 1.54) is 5.56 Å². The Balaban J connectivity index is 2.95. The minimum atomic E-state index is 0.264. The largest absolute Gasteiger partial charge is 0.294 e. The molecule has 1 rings (SSSR count). The number of carbonyl (C=O) groups excluding carboxylic acids is 1. The van der Waals surface area contributed by atoms with Gasteiger partial charge in [-0.05, 0) is 25.8 Å². The highest BCUT2D eigenvalue weighted by molar-refractivity contribution is 5.97. The molecule has 0 N–H and O–H groups in total. The maximum atomic E-state index is 11.6. The number of aryl methyl sites for hydroxylation is 2. The van der Waals surface area contributed by atoms with Gasteiger partial charge in [-0.15, -0.1) is 0 Å². The lowest BCUT2D eigenvalue weighted by Crippen LogP contribution is -2.00. The number of benzene rings is 1. The Morgan fingerprint density at radius 1 is 1.31 bits per heavy atom. The highest BCUT2D eigenvalue weighted by Crippen LogP contribution is 2.13. The number of hydrogen-bond donors (Lipinski definition) is 0. The minimum absolute atomic E-state index is 0.264. The molecule has 70 valence electrons. The van der Waals surface area contributed by atoms with Crippen molar-refractivity contribution in [3.63, 3.8) is 0 Å². The van der Waals surface area contributed by atoms with Crippen molar-refractivity contribution in [3.8, 4) is 0 Å². The van der Waals surface area contributed by atoms with Crippen LogP contribution in [0.5, 0.6) is 0 Å². The molecular weight excluding hydrogens is 160 g/mol. The van der Waals surface area contributed by atoms with E-state index in [2.05, 4.69) is 6.07 Å². The summed E-state index contributed by atoms with van der Waals surface area (Å²) in [6, 6.07) is 5.99. The van der Waals surface area contributed by atoms with E-state index >= 15 is 0 Å². The summed E-state index contributed by atoms with van der Waals surface area (Å²) in [4.78, 5) is 11.6. The standard InChI is InChI=1S/C12H16O/c1-4-5-12(13)11-7-6-9(2)8-10(11)3/h6-8H,4-5H2,1-3H3. The summed E-state index contributed by atoms with van der Waals surface area (Å²) in [5.41, 5.74) is 3.19. The monoisotopic (exact) mass is 176 g/mol. The van der Waals surface area contributed by atoms with Crippen molar-refractivity contribution in [3.05, 3.63) is 34.9 Å². The van der Waals surface area contributed by atoms with E-state index in [9.17, 15) is 4.79 Å². The fourth-order valence-corrected chi connectivity index (χ4v) is 1.49. The number of rotatable bonds is 3. The number of ketones is 1. The molecule has 1 heteroatoms. The van der Waals surface area contributed by atoms with Crippen LogP contribution in [0.1, 0.15) is 41.3 Å². The van der Waals surface area contributed by atoms with E-state index in [4.69, 9.17) is 0 Å². The van der Waals surface area contributed by atoms with Crippen molar-refractivity contribution < 1.29 is 4.79 Å². The van der Waals surface area contributed by atoms with Gasteiger partial charge in [0.05, 0.1) is 0 Å². The lowest BCUT2D eigenvalue weighted by atomic mass is 10.00. The Morgan fingerprint density at radius 2 is 2.00 bits per heavy atom. The normalized spacial score (nSPS) is 10.1. The summed E-state index contributed by atoms with van der Waals surface area (Å²) in [6.45, 7) is 6.07. The first-order valence-electron chi connectivity index (χ1n) is 4.75. The molecule has 1 aromatic rings. The summed E-state index contributed by atoms with van der Waals surface area (Å²) in [7, 11) is 0. The van der Waals surface area contributed by atoms with E-state index in [-0.39, 0.29) is 5.78 Å². The zero-order valence-corrected chi connectivity index (χ0v) is 8.55. The van der Waals surface area contributed by atoms with Gasteiger partial charge in [-0.1, -0.05) is 30.7 Å². The maximum Gasteiger partial charge on any atom is 0.163 e. The molecule has 1 aromatic carbocycles. The van der Waals surface area contributed by atoms with Gasteiger partial charge in [-0.25, -0.2) is 0 Å². The van der Waals surface area contributed by atoms with Crippen molar-refractivity contribution in [1.29, 1.82) is 0 Å². The van der Waals surface area contributed by atoms with Crippen LogP contribution in [0.4, 0.5) is 0 Å². The lowest BCUT2D eigenvalue weighted by Gasteiger charge is -2.04. The summed E-state index contributed by atoms with van der Waals surface area (Å²) < 4.78 is 0. The van der Waals surface area contributed by atoms with Crippen LogP contribution in [0.3, 0.4) is 0 Å². The van der Waals surface area contributed by atoms with Gasteiger partial charge in [0.1, 0.15) is 0 Å². The molecule has 0 aliphatic heterocycles. The Kier molecular flexibility index (Phi) is 3.24. The Labute approximate surface area is 79.8 Å². The number of Topliss-reactive ketones (excluding diaryl/α,β-unsaturated/α-hetero) is 1. The highest BCUT2D eigenvalue weighted by Gasteiger charge is 2.06. The Bertz CT molecular complexity index is 313. The van der Waals surface area contributed by atoms with E-state index in [0.29, 0.717) is 6.42 Å². The first kappa shape index (κ1) is 9.97. The second-order valence-electron chi connectivity index (χ2n) is 3.49. The van der Waals surface area contributed by atoms with Crippen LogP contribution in [0.25, 0.3) is 0 Å². The molecule has 0 unspecified atom stereocenters. The van der Waals surface area contributed by atoms with Crippen LogP contribution in [0, 0.1) is 13.8 Å². The molecule has 0 aliphatic carbocycles. The number of hydrogen-bond acceptors (Lipinski definition) is 1. The third-order valence-corrected chi connectivity index (χ3v) is 2.16. The van der Waals surface area contributed by atoms with Crippen LogP contribution in [0.15, 0.2) is 18.2 Å². The van der Waals surface area contributed by atoms with E-state index < -0.39 is 0 Å². The van der Waals surface area contributed by atoms with Gasteiger partial charge in [0, 0.05) is 12.0 Å². The SMILES string of the molecule is CCCC(=O)c1ccc(C)cc1C. The average molecular weight is 176 g/mol. The smallest absolute Gasteiger partial charge is 0.163 e. The van der Waals surface area contributed by atoms with Crippen LogP contribution >= 0.6 is 0 Å². The van der Waals surface area contributed by atoms with Crippen molar-refractivity contribution in [2.75, 3.05) is 0 Å². The molecule has 13 heavy (non-hydrogen) atoms. The second-order valence-corrected chi connectivity index (χ2v) is 3.49. The molecule has 0 atom stereocenters. The molecule has 0 saturated heterocycles. The molecule has 0 aliphatic rings. The summed E-state index contributed by atoms with van der Waals surface area (Å²) in [5.74, 6) is 0.264. The highest BCUT2D eigenvalue weighted by atomic mass is 16.1. The summed E-state index contributed by atoms with van der Waals surface area (Å²) >= 11 is 0. The van der Waals surface area contributed by atoms with Gasteiger partial charge in [0.25, 0.3) is 0 Å². The predicted octanol–water partition coefficient (Wildman–Crippen LogP) is 3.29. The predicted molar refractivity (Wildman–Crippen MR) is 55.2 cm³/mol. The third-order valence-electron chi connectivity index (χ3n) is 2.16. The third kappa shape index (κ3) is 2.41. The fraction of sp³-hybridized carbons (Fsp3) is 0.417. The van der Waals surface area contributed by atoms with Crippen LogP contribution in [-0.2, 0) is 0 Å². The summed E-state index contributed by atoms with van der Waals surface area (Å²) in [5, 5.41) is 0. The first-order chi connectivity index (χ1) is 6.15. The van der Waals surface area contributed by atoms with E-state index in [0.717, 1.165) is 17.5 Å². The van der Waals surface area contributed by atoms with E-state index in [1.807, 2.05) is 32.9 Å². The van der Waals surface area contributed by atoms with Crippen molar-refractivity contribution >= 4 is 5.78 Å². The zero-order valence-electron chi connectivity index (χ0n) is 8.55. The zero-order chi connectivity index (χ0) is 9.84. The summed E-state index contributed by atoms with van der Waals surface area (Å²) in [6.07, 6.45) is 1.58. The molecule has 0 bridgehead atoms. The van der Waals surface area contributed by atoms with E-state index in [1.54, 1.807) is 0 Å². The molecular formula is C12H16O. The second kappa shape index (κ2) is 4.22. The minimum Gasteiger partial charge on any atom is -0.294 e. The quantitative estimate of drug-likeness (QED) is 0.646. The van der Waals surface area contributed by atoms with Gasteiger partial charge < -0.3 is 0 Å². The molecule has 0 radical (unpaired) electrons. The molecule has 0 saturated carbocycles. The Hall–Kier alpha value is -1.11. The maximum absolute atomic E-state index is 11.6. The lowest BCUT2D eigenvalue weighted by molar-refractivity contribution is 0.0981. The molecule has 0 spiro atoms. The molecule has 0 amide bonds. The average Bonchev–Trinajstić information content (AvgIpc) is 2.04. The van der Waals surface area contributed by atoms with Gasteiger partial charge in [-0.3, -0.25) is 4.79 Å².